The number of aliphatic carboxylic acids is 1. The Balaban J connectivity index is 2.22. The Kier molecular flexibility index (Phi) is 5.90. The first-order chi connectivity index (χ1) is 8.63. The van der Waals surface area contributed by atoms with E-state index in [4.69, 9.17) is 5.11 Å². The number of nitrogens with one attached hydrogen (secondary N) is 2. The smallest absolute Gasteiger partial charge is 0.303 e. The molecule has 0 fully saturated rings. The third kappa shape index (κ3) is 4.99. The van der Waals surface area contributed by atoms with Gasteiger partial charge < -0.3 is 15.4 Å². The van der Waals surface area contributed by atoms with Crippen molar-refractivity contribution in [1.82, 2.24) is 15.3 Å². The minimum atomic E-state index is -0.769. The van der Waals surface area contributed by atoms with Crippen LogP contribution in [0.2, 0.25) is 0 Å². The molecule has 0 aliphatic carbocycles. The summed E-state index contributed by atoms with van der Waals surface area (Å²) < 4.78 is 0. The van der Waals surface area contributed by atoms with Crippen LogP contribution in [-0.4, -0.2) is 33.5 Å². The number of aromatic amines is 1. The van der Waals surface area contributed by atoms with Gasteiger partial charge in [-0.1, -0.05) is 13.3 Å². The number of carboxylic acid groups (broad SMARTS) is 1. The van der Waals surface area contributed by atoms with E-state index < -0.39 is 5.97 Å². The maximum atomic E-state index is 11.6. The largest absolute Gasteiger partial charge is 0.481 e. The lowest BCUT2D eigenvalue weighted by Crippen LogP contribution is -2.26. The third-order valence-electron chi connectivity index (χ3n) is 2.92. The molecule has 0 saturated heterocycles. The SMILES string of the molecule is CCC(CCNC(=O)c1cnc[nH]1)CCC(=O)O. The second-order valence-electron chi connectivity index (χ2n) is 4.22. The molecule has 1 unspecified atom stereocenters. The summed E-state index contributed by atoms with van der Waals surface area (Å²) in [6.07, 6.45) is 5.49. The van der Waals surface area contributed by atoms with E-state index >= 15 is 0 Å². The van der Waals surface area contributed by atoms with Crippen LogP contribution >= 0.6 is 0 Å². The minimum absolute atomic E-state index is 0.180. The number of hydrogen-bond donors (Lipinski definition) is 3. The molecule has 6 heteroatoms. The molecular formula is C12H19N3O3. The Morgan fingerprint density at radius 1 is 1.50 bits per heavy atom. The normalized spacial score (nSPS) is 12.1. The highest BCUT2D eigenvalue weighted by atomic mass is 16.4. The Bertz CT molecular complexity index is 376. The molecule has 6 nitrogen and oxygen atoms in total. The molecule has 1 atom stereocenters. The third-order valence-corrected chi connectivity index (χ3v) is 2.92. The fourth-order valence-corrected chi connectivity index (χ4v) is 1.75. The fraction of sp³-hybridized carbons (Fsp3) is 0.583. The Morgan fingerprint density at radius 2 is 2.28 bits per heavy atom. The van der Waals surface area contributed by atoms with Crippen LogP contribution in [-0.2, 0) is 4.79 Å². The Morgan fingerprint density at radius 3 is 2.83 bits per heavy atom. The van der Waals surface area contributed by atoms with E-state index in [0.29, 0.717) is 24.6 Å². The molecule has 18 heavy (non-hydrogen) atoms. The average molecular weight is 253 g/mol. The van der Waals surface area contributed by atoms with Gasteiger partial charge >= 0.3 is 5.97 Å². The predicted octanol–water partition coefficient (Wildman–Crippen LogP) is 1.42. The van der Waals surface area contributed by atoms with Gasteiger partial charge in [-0.2, -0.15) is 0 Å². The number of aromatic nitrogens is 2. The first-order valence-electron chi connectivity index (χ1n) is 6.11. The van der Waals surface area contributed by atoms with Gasteiger partial charge in [0.05, 0.1) is 12.5 Å². The molecule has 0 radical (unpaired) electrons. The summed E-state index contributed by atoms with van der Waals surface area (Å²) in [7, 11) is 0. The lowest BCUT2D eigenvalue weighted by molar-refractivity contribution is -0.137. The van der Waals surface area contributed by atoms with Crippen molar-refractivity contribution in [3.05, 3.63) is 18.2 Å². The van der Waals surface area contributed by atoms with E-state index in [1.807, 2.05) is 6.92 Å². The predicted molar refractivity (Wildman–Crippen MR) is 66.2 cm³/mol. The number of amides is 1. The van der Waals surface area contributed by atoms with Gasteiger partial charge in [-0.3, -0.25) is 9.59 Å². The van der Waals surface area contributed by atoms with Crippen LogP contribution in [0, 0.1) is 5.92 Å². The second kappa shape index (κ2) is 7.47. The standard InChI is InChI=1S/C12H19N3O3/c1-2-9(3-4-11(16)17)5-6-14-12(18)10-7-13-8-15-10/h7-9H,2-6H2,1H3,(H,13,15)(H,14,18)(H,16,17). The molecule has 0 aliphatic heterocycles. The zero-order valence-corrected chi connectivity index (χ0v) is 10.5. The van der Waals surface area contributed by atoms with Crippen LogP contribution in [0.5, 0.6) is 0 Å². The van der Waals surface area contributed by atoms with Crippen molar-refractivity contribution in [3.63, 3.8) is 0 Å². The number of hydrogen-bond acceptors (Lipinski definition) is 3. The van der Waals surface area contributed by atoms with E-state index in [1.165, 1.54) is 12.5 Å². The molecule has 3 N–H and O–H groups in total. The summed E-state index contributed by atoms with van der Waals surface area (Å²) >= 11 is 0. The zero-order chi connectivity index (χ0) is 13.4. The van der Waals surface area contributed by atoms with Crippen LogP contribution in [0.1, 0.15) is 43.1 Å². The number of carboxylic acids is 1. The van der Waals surface area contributed by atoms with Gasteiger partial charge in [-0.15, -0.1) is 0 Å². The molecule has 1 aromatic heterocycles. The molecule has 0 saturated carbocycles. The van der Waals surface area contributed by atoms with E-state index in [0.717, 1.165) is 12.8 Å². The fourth-order valence-electron chi connectivity index (χ4n) is 1.75. The summed E-state index contributed by atoms with van der Waals surface area (Å²) in [5.74, 6) is -0.612. The van der Waals surface area contributed by atoms with Crippen molar-refractivity contribution >= 4 is 11.9 Å². The number of nitrogens with zero attached hydrogens (tertiary/aromatic N) is 1. The topological polar surface area (TPSA) is 95.1 Å². The lowest BCUT2D eigenvalue weighted by Gasteiger charge is -2.13. The van der Waals surface area contributed by atoms with Gasteiger partial charge in [-0.05, 0) is 18.8 Å². The first kappa shape index (κ1) is 14.2. The molecule has 0 bridgehead atoms. The van der Waals surface area contributed by atoms with Crippen molar-refractivity contribution < 1.29 is 14.7 Å². The molecule has 1 aromatic rings. The summed E-state index contributed by atoms with van der Waals surface area (Å²) in [4.78, 5) is 28.5. The molecule has 0 aliphatic rings. The van der Waals surface area contributed by atoms with Gasteiger partial charge in [-0.25, -0.2) is 4.98 Å². The van der Waals surface area contributed by atoms with Crippen molar-refractivity contribution in [2.75, 3.05) is 6.54 Å². The molecule has 1 amide bonds. The van der Waals surface area contributed by atoms with E-state index in [-0.39, 0.29) is 12.3 Å². The zero-order valence-electron chi connectivity index (χ0n) is 10.5. The molecular weight excluding hydrogens is 234 g/mol. The number of carbonyl (C=O) groups is 2. The van der Waals surface area contributed by atoms with Crippen molar-refractivity contribution in [2.45, 2.75) is 32.6 Å². The van der Waals surface area contributed by atoms with Crippen LogP contribution in [0.3, 0.4) is 0 Å². The van der Waals surface area contributed by atoms with Gasteiger partial charge in [0.1, 0.15) is 5.69 Å². The highest BCUT2D eigenvalue weighted by molar-refractivity contribution is 5.91. The minimum Gasteiger partial charge on any atom is -0.481 e. The molecule has 0 aromatic carbocycles. The maximum absolute atomic E-state index is 11.6. The lowest BCUT2D eigenvalue weighted by atomic mass is 9.97. The first-order valence-corrected chi connectivity index (χ1v) is 6.11. The van der Waals surface area contributed by atoms with E-state index in [9.17, 15) is 9.59 Å². The Labute approximate surface area is 106 Å². The number of rotatable bonds is 8. The highest BCUT2D eigenvalue weighted by Crippen LogP contribution is 2.14. The van der Waals surface area contributed by atoms with Gasteiger partial charge in [0.25, 0.3) is 5.91 Å². The highest BCUT2D eigenvalue weighted by Gasteiger charge is 2.10. The molecule has 0 spiro atoms. The monoisotopic (exact) mass is 253 g/mol. The van der Waals surface area contributed by atoms with Gasteiger partial charge in [0.2, 0.25) is 0 Å². The summed E-state index contributed by atoms with van der Waals surface area (Å²) in [6, 6.07) is 0. The quantitative estimate of drug-likeness (QED) is 0.653. The molecule has 1 heterocycles. The summed E-state index contributed by atoms with van der Waals surface area (Å²) in [5.41, 5.74) is 0.439. The maximum Gasteiger partial charge on any atom is 0.303 e. The van der Waals surface area contributed by atoms with Crippen LogP contribution in [0.25, 0.3) is 0 Å². The number of carbonyl (C=O) groups excluding carboxylic acids is 1. The van der Waals surface area contributed by atoms with Gasteiger partial charge in [0.15, 0.2) is 0 Å². The van der Waals surface area contributed by atoms with Gasteiger partial charge in [0, 0.05) is 13.0 Å². The summed E-state index contributed by atoms with van der Waals surface area (Å²) in [6.45, 7) is 2.58. The molecule has 1 rings (SSSR count). The van der Waals surface area contributed by atoms with Crippen molar-refractivity contribution in [1.29, 1.82) is 0 Å². The Hall–Kier alpha value is -1.85. The number of imidazole rings is 1. The van der Waals surface area contributed by atoms with Crippen LogP contribution in [0.4, 0.5) is 0 Å². The average Bonchev–Trinajstić information content (AvgIpc) is 2.86. The summed E-state index contributed by atoms with van der Waals surface area (Å²) in [5, 5.41) is 11.4. The molecule has 100 valence electrons. The van der Waals surface area contributed by atoms with Crippen molar-refractivity contribution in [3.8, 4) is 0 Å². The van der Waals surface area contributed by atoms with E-state index in [2.05, 4.69) is 15.3 Å². The van der Waals surface area contributed by atoms with Crippen molar-refractivity contribution in [2.24, 2.45) is 5.92 Å². The second-order valence-corrected chi connectivity index (χ2v) is 4.22. The van der Waals surface area contributed by atoms with E-state index in [1.54, 1.807) is 0 Å². The number of H-pyrrole nitrogens is 1. The van der Waals surface area contributed by atoms with Crippen LogP contribution < -0.4 is 5.32 Å². The van der Waals surface area contributed by atoms with Crippen LogP contribution in [0.15, 0.2) is 12.5 Å².